The van der Waals surface area contributed by atoms with Crippen LogP contribution < -0.4 is 0 Å². The highest BCUT2D eigenvalue weighted by Crippen LogP contribution is 2.47. The van der Waals surface area contributed by atoms with E-state index in [1.165, 1.54) is 35.1 Å². The Morgan fingerprint density at radius 2 is 1.43 bits per heavy atom. The molecule has 0 N–H and O–H groups in total. The highest BCUT2D eigenvalue weighted by Gasteiger charge is 2.31. The number of hydrogen-bond acceptors (Lipinski definition) is 0. The molecule has 2 aromatic rings. The highest BCUT2D eigenvalue weighted by atomic mass is 14.3. The fraction of sp³-hybridized carbons (Fsp3) is 0.238. The SMILES string of the molecule is CC1(C)CCC(c2ccccc2)=C1/C=C/c1ccccc1. The van der Waals surface area contributed by atoms with E-state index in [9.17, 15) is 0 Å². The van der Waals surface area contributed by atoms with E-state index in [2.05, 4.69) is 86.7 Å². The molecule has 0 aliphatic heterocycles. The van der Waals surface area contributed by atoms with Crippen molar-refractivity contribution in [2.24, 2.45) is 5.41 Å². The van der Waals surface area contributed by atoms with E-state index in [-0.39, 0.29) is 5.41 Å². The number of benzene rings is 2. The molecule has 0 amide bonds. The van der Waals surface area contributed by atoms with Crippen molar-refractivity contribution in [1.29, 1.82) is 0 Å². The molecule has 0 unspecified atom stereocenters. The van der Waals surface area contributed by atoms with Gasteiger partial charge in [-0.1, -0.05) is 86.7 Å². The molecule has 0 heterocycles. The average Bonchev–Trinajstić information content (AvgIpc) is 2.82. The maximum absolute atomic E-state index is 2.35. The van der Waals surface area contributed by atoms with E-state index in [1.807, 2.05) is 0 Å². The molecule has 0 atom stereocenters. The van der Waals surface area contributed by atoms with Crippen LogP contribution in [-0.2, 0) is 0 Å². The minimum Gasteiger partial charge on any atom is -0.0622 e. The lowest BCUT2D eigenvalue weighted by molar-refractivity contribution is 0.452. The molecule has 0 heteroatoms. The first-order chi connectivity index (χ1) is 10.2. The van der Waals surface area contributed by atoms with Crippen molar-refractivity contribution >= 4 is 11.6 Å². The Morgan fingerprint density at radius 3 is 2.10 bits per heavy atom. The molecule has 3 rings (SSSR count). The lowest BCUT2D eigenvalue weighted by Gasteiger charge is -2.20. The fourth-order valence-electron chi connectivity index (χ4n) is 3.12. The maximum Gasteiger partial charge on any atom is -0.00974 e. The zero-order valence-corrected chi connectivity index (χ0v) is 12.8. The van der Waals surface area contributed by atoms with Gasteiger partial charge in [0, 0.05) is 0 Å². The molecule has 2 aromatic carbocycles. The average molecular weight is 274 g/mol. The third-order valence-electron chi connectivity index (χ3n) is 4.42. The Balaban J connectivity index is 2.00. The van der Waals surface area contributed by atoms with E-state index in [1.54, 1.807) is 0 Å². The van der Waals surface area contributed by atoms with E-state index in [4.69, 9.17) is 0 Å². The summed E-state index contributed by atoms with van der Waals surface area (Å²) in [6.07, 6.45) is 6.97. The third-order valence-corrected chi connectivity index (χ3v) is 4.42. The van der Waals surface area contributed by atoms with E-state index < -0.39 is 0 Å². The van der Waals surface area contributed by atoms with Crippen LogP contribution in [0.5, 0.6) is 0 Å². The van der Waals surface area contributed by atoms with E-state index in [0.29, 0.717) is 0 Å². The third kappa shape index (κ3) is 3.00. The van der Waals surface area contributed by atoms with Crippen molar-refractivity contribution in [3.8, 4) is 0 Å². The van der Waals surface area contributed by atoms with Gasteiger partial charge in [-0.2, -0.15) is 0 Å². The summed E-state index contributed by atoms with van der Waals surface area (Å²) in [7, 11) is 0. The van der Waals surface area contributed by atoms with Crippen molar-refractivity contribution in [3.63, 3.8) is 0 Å². The second-order valence-corrected chi connectivity index (χ2v) is 6.39. The molecule has 0 spiro atoms. The molecule has 0 fully saturated rings. The predicted octanol–water partition coefficient (Wildman–Crippen LogP) is 5.97. The Hall–Kier alpha value is -2.08. The van der Waals surface area contributed by atoms with Crippen molar-refractivity contribution < 1.29 is 0 Å². The minimum atomic E-state index is 0.260. The zero-order chi connectivity index (χ0) is 14.7. The van der Waals surface area contributed by atoms with Gasteiger partial charge in [0.2, 0.25) is 0 Å². The molecule has 0 radical (unpaired) electrons. The van der Waals surface area contributed by atoms with Crippen LogP contribution in [-0.4, -0.2) is 0 Å². The molecule has 21 heavy (non-hydrogen) atoms. The fourth-order valence-corrected chi connectivity index (χ4v) is 3.12. The Morgan fingerprint density at radius 1 is 0.810 bits per heavy atom. The van der Waals surface area contributed by atoms with E-state index >= 15 is 0 Å². The maximum atomic E-state index is 2.35. The van der Waals surface area contributed by atoms with Gasteiger partial charge in [-0.15, -0.1) is 0 Å². The first kappa shape index (κ1) is 13.9. The number of rotatable bonds is 3. The van der Waals surface area contributed by atoms with Gasteiger partial charge in [0.1, 0.15) is 0 Å². The standard InChI is InChI=1S/C21H22/c1-21(2)16-15-19(18-11-7-4-8-12-18)20(21)14-13-17-9-5-3-6-10-17/h3-14H,15-16H2,1-2H3/b14-13+. The normalized spacial score (nSPS) is 17.6. The molecule has 1 aliphatic rings. The van der Waals surface area contributed by atoms with Crippen LogP contribution in [0.2, 0.25) is 0 Å². The summed E-state index contributed by atoms with van der Waals surface area (Å²) in [4.78, 5) is 0. The van der Waals surface area contributed by atoms with Gasteiger partial charge in [-0.25, -0.2) is 0 Å². The molecule has 0 nitrogen and oxygen atoms in total. The van der Waals surface area contributed by atoms with Gasteiger partial charge in [-0.3, -0.25) is 0 Å². The second kappa shape index (κ2) is 5.73. The predicted molar refractivity (Wildman–Crippen MR) is 91.9 cm³/mol. The van der Waals surface area contributed by atoms with Crippen molar-refractivity contribution in [2.75, 3.05) is 0 Å². The van der Waals surface area contributed by atoms with Crippen LogP contribution in [0.1, 0.15) is 37.8 Å². The summed E-state index contributed by atoms with van der Waals surface area (Å²) in [6, 6.07) is 21.4. The van der Waals surface area contributed by atoms with Crippen LogP contribution in [0.15, 0.2) is 72.3 Å². The largest absolute Gasteiger partial charge is 0.0622 e. The Kier molecular flexibility index (Phi) is 3.79. The van der Waals surface area contributed by atoms with Gasteiger partial charge >= 0.3 is 0 Å². The van der Waals surface area contributed by atoms with Crippen LogP contribution in [0, 0.1) is 5.41 Å². The lowest BCUT2D eigenvalue weighted by Crippen LogP contribution is -2.08. The molecular formula is C21H22. The number of allylic oxidation sites excluding steroid dienone is 3. The summed E-state index contributed by atoms with van der Waals surface area (Å²) in [6.45, 7) is 4.71. The Labute approximate surface area is 127 Å². The van der Waals surface area contributed by atoms with Gasteiger partial charge in [0.15, 0.2) is 0 Å². The summed E-state index contributed by atoms with van der Waals surface area (Å²) in [5.74, 6) is 0. The van der Waals surface area contributed by atoms with Gasteiger partial charge < -0.3 is 0 Å². The highest BCUT2D eigenvalue weighted by molar-refractivity contribution is 5.76. The topological polar surface area (TPSA) is 0 Å². The summed E-state index contributed by atoms with van der Waals surface area (Å²) in [5.41, 5.74) is 5.89. The van der Waals surface area contributed by atoms with Crippen molar-refractivity contribution in [1.82, 2.24) is 0 Å². The smallest absolute Gasteiger partial charge is 0.00974 e. The molecule has 0 aromatic heterocycles. The molecule has 0 saturated heterocycles. The molecule has 0 bridgehead atoms. The Bertz CT molecular complexity index is 658. The van der Waals surface area contributed by atoms with Gasteiger partial charge in [0.25, 0.3) is 0 Å². The van der Waals surface area contributed by atoms with Gasteiger partial charge in [-0.05, 0) is 40.5 Å². The monoisotopic (exact) mass is 274 g/mol. The molecule has 1 aliphatic carbocycles. The summed E-state index contributed by atoms with van der Waals surface area (Å²) in [5, 5.41) is 0. The van der Waals surface area contributed by atoms with Crippen molar-refractivity contribution in [2.45, 2.75) is 26.7 Å². The minimum absolute atomic E-state index is 0.260. The quantitative estimate of drug-likeness (QED) is 0.646. The second-order valence-electron chi connectivity index (χ2n) is 6.39. The summed E-state index contributed by atoms with van der Waals surface area (Å²) < 4.78 is 0. The van der Waals surface area contributed by atoms with Crippen LogP contribution in [0.4, 0.5) is 0 Å². The van der Waals surface area contributed by atoms with Gasteiger partial charge in [0.05, 0.1) is 0 Å². The van der Waals surface area contributed by atoms with E-state index in [0.717, 1.165) is 0 Å². The first-order valence-electron chi connectivity index (χ1n) is 7.69. The molecule has 106 valence electrons. The van der Waals surface area contributed by atoms with Crippen LogP contribution in [0.3, 0.4) is 0 Å². The summed E-state index contributed by atoms with van der Waals surface area (Å²) >= 11 is 0. The number of hydrogen-bond donors (Lipinski definition) is 0. The van der Waals surface area contributed by atoms with Crippen LogP contribution >= 0.6 is 0 Å². The molecular weight excluding hydrogens is 252 g/mol. The van der Waals surface area contributed by atoms with Crippen molar-refractivity contribution in [3.05, 3.63) is 83.4 Å². The van der Waals surface area contributed by atoms with Crippen LogP contribution in [0.25, 0.3) is 11.6 Å². The lowest BCUT2D eigenvalue weighted by atomic mass is 9.84. The first-order valence-corrected chi connectivity index (χ1v) is 7.69. The molecule has 0 saturated carbocycles. The zero-order valence-electron chi connectivity index (χ0n) is 12.8.